The molecule has 0 unspecified atom stereocenters. The predicted octanol–water partition coefficient (Wildman–Crippen LogP) is -3.72. The van der Waals surface area contributed by atoms with Crippen molar-refractivity contribution in [2.45, 2.75) is 18.9 Å². The summed E-state index contributed by atoms with van der Waals surface area (Å²) in [6.07, 6.45) is 2.74. The molecule has 54 valence electrons. The fourth-order valence-corrected chi connectivity index (χ4v) is 1.36. The van der Waals surface area contributed by atoms with Gasteiger partial charge in [0.05, 0.1) is 13.1 Å². The molecule has 1 rings (SSSR count). The maximum Gasteiger partial charge on any atom is 1.00 e. The van der Waals surface area contributed by atoms with Crippen LogP contribution in [0.15, 0.2) is 0 Å². The van der Waals surface area contributed by atoms with Gasteiger partial charge in [0.15, 0.2) is 0 Å². The van der Waals surface area contributed by atoms with Crippen LogP contribution in [0.25, 0.3) is 0 Å². The van der Waals surface area contributed by atoms with Crippen molar-refractivity contribution in [3.8, 4) is 0 Å². The summed E-state index contributed by atoms with van der Waals surface area (Å²) in [6.45, 7) is 2.57. The van der Waals surface area contributed by atoms with Gasteiger partial charge in [-0.25, -0.2) is 0 Å². The Morgan fingerprint density at radius 3 is 2.20 bits per heavy atom. The summed E-state index contributed by atoms with van der Waals surface area (Å²) in [6, 6.07) is 0.904. The number of rotatable bonds is 1. The van der Waals surface area contributed by atoms with Crippen LogP contribution in [0.2, 0.25) is 0 Å². The first-order chi connectivity index (χ1) is 4.33. The molecule has 1 fully saturated rings. The summed E-state index contributed by atoms with van der Waals surface area (Å²) in [5.41, 5.74) is 0. The van der Waals surface area contributed by atoms with Crippen LogP contribution >= 0.6 is 0 Å². The van der Waals surface area contributed by atoms with E-state index in [0.717, 1.165) is 6.04 Å². The zero-order valence-corrected chi connectivity index (χ0v) is 12.3. The van der Waals surface area contributed by atoms with E-state index in [1.54, 1.807) is 0 Å². The molecule has 2 nitrogen and oxygen atoms in total. The molecule has 3 heteroatoms. The minimum atomic E-state index is 0. The normalized spacial score (nSPS) is 22.2. The summed E-state index contributed by atoms with van der Waals surface area (Å²) in [4.78, 5) is 2.40. The molecule has 0 spiro atoms. The van der Waals surface area contributed by atoms with Crippen molar-refractivity contribution >= 4 is 0 Å². The van der Waals surface area contributed by atoms with Gasteiger partial charge in [0.25, 0.3) is 0 Å². The molecule has 2 N–H and O–H groups in total. The standard InChI is InChI=1S/C7H16N2.Rb/c1-8-7-3-5-9(2)6-4-7;/h7-8H,3-6H2,1-2H3;/q;+1/p+1. The summed E-state index contributed by atoms with van der Waals surface area (Å²) >= 11 is 0. The number of likely N-dealkylation sites (tertiary alicyclic amines) is 1. The van der Waals surface area contributed by atoms with Gasteiger partial charge < -0.3 is 10.2 Å². The Kier molecular flexibility index (Phi) is 7.35. The third-order valence-corrected chi connectivity index (χ3v) is 2.23. The molecule has 0 aliphatic carbocycles. The molecule has 1 aliphatic rings. The van der Waals surface area contributed by atoms with E-state index in [0.29, 0.717) is 0 Å². The Morgan fingerprint density at radius 2 is 1.80 bits per heavy atom. The molecular formula is C7H17N2Rb+2. The Morgan fingerprint density at radius 1 is 1.30 bits per heavy atom. The minimum Gasteiger partial charge on any atom is -0.346 e. The largest absolute Gasteiger partial charge is 1.00 e. The molecule has 1 saturated heterocycles. The molecule has 0 saturated carbocycles. The van der Waals surface area contributed by atoms with Gasteiger partial charge in [-0.05, 0) is 7.05 Å². The van der Waals surface area contributed by atoms with Crippen molar-refractivity contribution in [1.29, 1.82) is 0 Å². The topological polar surface area (TPSA) is 19.9 Å². The molecule has 1 aliphatic heterocycles. The van der Waals surface area contributed by atoms with Crippen molar-refractivity contribution in [1.82, 2.24) is 4.90 Å². The first-order valence-electron chi connectivity index (χ1n) is 3.81. The van der Waals surface area contributed by atoms with Gasteiger partial charge in [0, 0.05) is 25.9 Å². The van der Waals surface area contributed by atoms with E-state index in [2.05, 4.69) is 24.3 Å². The van der Waals surface area contributed by atoms with Crippen LogP contribution in [0.3, 0.4) is 0 Å². The van der Waals surface area contributed by atoms with Crippen molar-refractivity contribution in [2.75, 3.05) is 27.2 Å². The van der Waals surface area contributed by atoms with E-state index in [9.17, 15) is 0 Å². The van der Waals surface area contributed by atoms with E-state index in [1.807, 2.05) is 0 Å². The van der Waals surface area contributed by atoms with Crippen molar-refractivity contribution in [3.05, 3.63) is 0 Å². The Labute approximate surface area is 113 Å². The van der Waals surface area contributed by atoms with Gasteiger partial charge in [-0.2, -0.15) is 0 Å². The Bertz CT molecular complexity index is 79.7. The van der Waals surface area contributed by atoms with Gasteiger partial charge >= 0.3 is 58.2 Å². The molecule has 0 aromatic rings. The number of quaternary nitrogens is 1. The number of hydrogen-bond donors (Lipinski definition) is 1. The fourth-order valence-electron chi connectivity index (χ4n) is 1.36. The van der Waals surface area contributed by atoms with Crippen LogP contribution in [0.5, 0.6) is 0 Å². The second kappa shape index (κ2) is 6.26. The van der Waals surface area contributed by atoms with E-state index in [-0.39, 0.29) is 58.2 Å². The molecular weight excluding hydrogens is 198 g/mol. The predicted molar refractivity (Wildman–Crippen MR) is 38.4 cm³/mol. The molecule has 0 atom stereocenters. The van der Waals surface area contributed by atoms with Gasteiger partial charge in [-0.15, -0.1) is 0 Å². The molecule has 0 radical (unpaired) electrons. The number of nitrogens with two attached hydrogens (primary N) is 1. The van der Waals surface area contributed by atoms with Crippen LogP contribution in [-0.2, 0) is 0 Å². The molecule has 0 amide bonds. The van der Waals surface area contributed by atoms with Crippen LogP contribution in [-0.4, -0.2) is 38.1 Å². The summed E-state index contributed by atoms with van der Waals surface area (Å²) in [7, 11) is 4.38. The molecule has 10 heavy (non-hydrogen) atoms. The summed E-state index contributed by atoms with van der Waals surface area (Å²) < 4.78 is 0. The van der Waals surface area contributed by atoms with Crippen molar-refractivity contribution in [3.63, 3.8) is 0 Å². The van der Waals surface area contributed by atoms with Crippen molar-refractivity contribution < 1.29 is 63.5 Å². The zero-order chi connectivity index (χ0) is 6.69. The van der Waals surface area contributed by atoms with Gasteiger partial charge in [0.2, 0.25) is 0 Å². The minimum absolute atomic E-state index is 0. The van der Waals surface area contributed by atoms with E-state index < -0.39 is 0 Å². The summed E-state index contributed by atoms with van der Waals surface area (Å²) in [5.74, 6) is 0. The maximum atomic E-state index is 2.40. The Hall–Kier alpha value is 1.73. The smallest absolute Gasteiger partial charge is 0.346 e. The van der Waals surface area contributed by atoms with Gasteiger partial charge in [-0.3, -0.25) is 0 Å². The van der Waals surface area contributed by atoms with Crippen LogP contribution in [0.4, 0.5) is 0 Å². The molecule has 0 aromatic carbocycles. The fraction of sp³-hybridized carbons (Fsp3) is 1.00. The zero-order valence-electron chi connectivity index (χ0n) is 7.43. The summed E-state index contributed by atoms with van der Waals surface area (Å²) in [5, 5.41) is 2.34. The second-order valence-corrected chi connectivity index (χ2v) is 2.97. The first-order valence-corrected chi connectivity index (χ1v) is 3.81. The van der Waals surface area contributed by atoms with E-state index in [1.165, 1.54) is 25.9 Å². The molecule has 0 bridgehead atoms. The van der Waals surface area contributed by atoms with Crippen LogP contribution in [0.1, 0.15) is 12.8 Å². The third-order valence-electron chi connectivity index (χ3n) is 2.23. The quantitative estimate of drug-likeness (QED) is 0.476. The monoisotopic (exact) mass is 214 g/mol. The number of piperidine rings is 1. The van der Waals surface area contributed by atoms with Crippen LogP contribution < -0.4 is 63.5 Å². The third kappa shape index (κ3) is 3.93. The van der Waals surface area contributed by atoms with E-state index in [4.69, 9.17) is 0 Å². The SMILES string of the molecule is C[NH2+]C1CCN(C)CC1.[Rb+]. The van der Waals surface area contributed by atoms with Gasteiger partial charge in [0.1, 0.15) is 0 Å². The second-order valence-electron chi connectivity index (χ2n) is 2.97. The average molecular weight is 215 g/mol. The molecule has 1 heterocycles. The van der Waals surface area contributed by atoms with Gasteiger partial charge in [-0.1, -0.05) is 0 Å². The van der Waals surface area contributed by atoms with Crippen LogP contribution in [0, 0.1) is 0 Å². The number of hydrogen-bond acceptors (Lipinski definition) is 1. The Balaban J connectivity index is 0.000000810. The first kappa shape index (κ1) is 11.7. The van der Waals surface area contributed by atoms with E-state index >= 15 is 0 Å². The molecule has 0 aromatic heterocycles. The maximum absolute atomic E-state index is 2.40. The van der Waals surface area contributed by atoms with Crippen molar-refractivity contribution in [2.24, 2.45) is 0 Å². The average Bonchev–Trinajstić information content (AvgIpc) is 1.90. The number of nitrogens with zero attached hydrogens (tertiary/aromatic N) is 1.